The largest absolute Gasteiger partial charge is 0.418 e. The predicted octanol–water partition coefficient (Wildman–Crippen LogP) is 6.39. The number of hydrogen-bond donors (Lipinski definition) is 0. The minimum absolute atomic E-state index is 0.0122. The lowest BCUT2D eigenvalue weighted by molar-refractivity contribution is -0.136. The summed E-state index contributed by atoms with van der Waals surface area (Å²) in [4.78, 5) is 0. The highest BCUT2D eigenvalue weighted by Crippen LogP contribution is 2.39. The SMILES string of the molecule is Cc1cccc(-c2c3cccc(C(F)(F)F)c3nn2Cc2ccccc2)c1C. The van der Waals surface area contributed by atoms with Crippen LogP contribution in [0.25, 0.3) is 22.2 Å². The molecule has 1 aromatic heterocycles. The fourth-order valence-electron chi connectivity index (χ4n) is 3.54. The van der Waals surface area contributed by atoms with Crippen molar-refractivity contribution in [3.05, 3.63) is 89.0 Å². The molecule has 4 rings (SSSR count). The number of aryl methyl sites for hydroxylation is 1. The molecule has 0 aliphatic heterocycles. The van der Waals surface area contributed by atoms with E-state index >= 15 is 0 Å². The maximum Gasteiger partial charge on any atom is 0.418 e. The van der Waals surface area contributed by atoms with Gasteiger partial charge in [0.2, 0.25) is 0 Å². The number of halogens is 3. The van der Waals surface area contributed by atoms with Crippen LogP contribution < -0.4 is 0 Å². The Hall–Kier alpha value is -3.08. The van der Waals surface area contributed by atoms with Crippen molar-refractivity contribution in [3.63, 3.8) is 0 Å². The summed E-state index contributed by atoms with van der Waals surface area (Å²) >= 11 is 0. The van der Waals surface area contributed by atoms with Gasteiger partial charge in [0.15, 0.2) is 0 Å². The maximum atomic E-state index is 13.6. The van der Waals surface area contributed by atoms with Gasteiger partial charge in [0.05, 0.1) is 17.8 Å². The van der Waals surface area contributed by atoms with E-state index in [1.807, 2.05) is 62.4 Å². The quantitative estimate of drug-likeness (QED) is 0.403. The zero-order valence-corrected chi connectivity index (χ0v) is 15.6. The van der Waals surface area contributed by atoms with Gasteiger partial charge in [-0.15, -0.1) is 0 Å². The summed E-state index contributed by atoms with van der Waals surface area (Å²) in [5.41, 5.74) is 4.01. The molecule has 4 aromatic rings. The number of alkyl halides is 3. The Morgan fingerprint density at radius 3 is 2.29 bits per heavy atom. The van der Waals surface area contributed by atoms with Crippen molar-refractivity contribution in [1.29, 1.82) is 0 Å². The molecule has 2 nitrogen and oxygen atoms in total. The van der Waals surface area contributed by atoms with Crippen LogP contribution in [0.2, 0.25) is 0 Å². The number of rotatable bonds is 3. The lowest BCUT2D eigenvalue weighted by Gasteiger charge is -2.12. The molecule has 3 aromatic carbocycles. The van der Waals surface area contributed by atoms with Crippen LogP contribution in [0.5, 0.6) is 0 Å². The summed E-state index contributed by atoms with van der Waals surface area (Å²) in [7, 11) is 0. The van der Waals surface area contributed by atoms with Crippen LogP contribution >= 0.6 is 0 Å². The van der Waals surface area contributed by atoms with Crippen molar-refractivity contribution in [3.8, 4) is 11.3 Å². The highest BCUT2D eigenvalue weighted by molar-refractivity contribution is 5.96. The lowest BCUT2D eigenvalue weighted by atomic mass is 9.98. The molecule has 28 heavy (non-hydrogen) atoms. The molecule has 0 unspecified atom stereocenters. The Bertz CT molecular complexity index is 1140. The highest BCUT2D eigenvalue weighted by atomic mass is 19.4. The van der Waals surface area contributed by atoms with Crippen molar-refractivity contribution in [2.75, 3.05) is 0 Å². The van der Waals surface area contributed by atoms with Gasteiger partial charge >= 0.3 is 6.18 Å². The van der Waals surface area contributed by atoms with Gasteiger partial charge < -0.3 is 0 Å². The van der Waals surface area contributed by atoms with Gasteiger partial charge in [0, 0.05) is 10.9 Å². The third-order valence-corrected chi connectivity index (χ3v) is 5.11. The second kappa shape index (κ2) is 6.82. The number of hydrogen-bond acceptors (Lipinski definition) is 1. The molecular formula is C23H19F3N2. The minimum Gasteiger partial charge on any atom is -0.259 e. The summed E-state index contributed by atoms with van der Waals surface area (Å²) in [6.07, 6.45) is -4.45. The van der Waals surface area contributed by atoms with Gasteiger partial charge in [0.1, 0.15) is 5.52 Å². The molecule has 142 valence electrons. The molecule has 0 spiro atoms. The van der Waals surface area contributed by atoms with Gasteiger partial charge in [0.25, 0.3) is 0 Å². The minimum atomic E-state index is -4.45. The molecule has 0 radical (unpaired) electrons. The average molecular weight is 380 g/mol. The second-order valence-electron chi connectivity index (χ2n) is 6.94. The molecular weight excluding hydrogens is 361 g/mol. The van der Waals surface area contributed by atoms with E-state index in [9.17, 15) is 13.2 Å². The highest BCUT2D eigenvalue weighted by Gasteiger charge is 2.34. The first-order valence-electron chi connectivity index (χ1n) is 9.03. The summed E-state index contributed by atoms with van der Waals surface area (Å²) in [5.74, 6) is 0. The van der Waals surface area contributed by atoms with Crippen LogP contribution in [0.3, 0.4) is 0 Å². The van der Waals surface area contributed by atoms with Gasteiger partial charge in [-0.2, -0.15) is 18.3 Å². The second-order valence-corrected chi connectivity index (χ2v) is 6.94. The Kier molecular flexibility index (Phi) is 4.46. The van der Waals surface area contributed by atoms with Crippen LogP contribution in [0, 0.1) is 13.8 Å². The van der Waals surface area contributed by atoms with Crippen LogP contribution in [-0.2, 0) is 12.7 Å². The molecule has 0 saturated carbocycles. The lowest BCUT2D eigenvalue weighted by Crippen LogP contribution is -2.07. The van der Waals surface area contributed by atoms with E-state index in [0.717, 1.165) is 28.3 Å². The van der Waals surface area contributed by atoms with Crippen molar-refractivity contribution < 1.29 is 13.2 Å². The summed E-state index contributed by atoms with van der Waals surface area (Å²) in [5, 5.41) is 4.93. The fourth-order valence-corrected chi connectivity index (χ4v) is 3.54. The molecule has 5 heteroatoms. The number of fused-ring (bicyclic) bond motifs is 1. The van der Waals surface area contributed by atoms with E-state index in [0.29, 0.717) is 17.6 Å². The van der Waals surface area contributed by atoms with E-state index in [2.05, 4.69) is 5.10 Å². The Balaban J connectivity index is 2.02. The van der Waals surface area contributed by atoms with E-state index < -0.39 is 11.7 Å². The van der Waals surface area contributed by atoms with Gasteiger partial charge in [-0.1, -0.05) is 60.7 Å². The van der Waals surface area contributed by atoms with E-state index in [1.165, 1.54) is 6.07 Å². The first-order chi connectivity index (χ1) is 13.4. The monoisotopic (exact) mass is 380 g/mol. The third-order valence-electron chi connectivity index (χ3n) is 5.11. The summed E-state index contributed by atoms with van der Waals surface area (Å²) in [6, 6.07) is 19.8. The Morgan fingerprint density at radius 2 is 1.57 bits per heavy atom. The van der Waals surface area contributed by atoms with E-state index in [1.54, 1.807) is 10.7 Å². The molecule has 0 aliphatic carbocycles. The molecule has 0 atom stereocenters. The van der Waals surface area contributed by atoms with E-state index in [-0.39, 0.29) is 5.52 Å². The Labute approximate surface area is 161 Å². The summed E-state index contributed by atoms with van der Waals surface area (Å²) < 4.78 is 42.4. The van der Waals surface area contributed by atoms with Crippen molar-refractivity contribution in [2.24, 2.45) is 0 Å². The number of aromatic nitrogens is 2. The van der Waals surface area contributed by atoms with Gasteiger partial charge in [-0.05, 0) is 36.6 Å². The number of benzene rings is 3. The smallest absolute Gasteiger partial charge is 0.259 e. The van der Waals surface area contributed by atoms with Crippen LogP contribution in [0.4, 0.5) is 13.2 Å². The fraction of sp³-hybridized carbons (Fsp3) is 0.174. The summed E-state index contributed by atoms with van der Waals surface area (Å²) in [6.45, 7) is 4.39. The molecule has 1 heterocycles. The van der Waals surface area contributed by atoms with Crippen molar-refractivity contribution >= 4 is 10.9 Å². The van der Waals surface area contributed by atoms with Crippen LogP contribution in [0.1, 0.15) is 22.3 Å². The van der Waals surface area contributed by atoms with Gasteiger partial charge in [-0.25, -0.2) is 0 Å². The predicted molar refractivity (Wildman–Crippen MR) is 105 cm³/mol. The third kappa shape index (κ3) is 3.17. The van der Waals surface area contributed by atoms with Gasteiger partial charge in [-0.3, -0.25) is 4.68 Å². The molecule has 0 N–H and O–H groups in total. The molecule has 0 amide bonds. The van der Waals surface area contributed by atoms with Crippen LogP contribution in [0.15, 0.2) is 66.7 Å². The molecule has 0 saturated heterocycles. The first-order valence-corrected chi connectivity index (χ1v) is 9.03. The normalized spacial score (nSPS) is 11.9. The zero-order valence-electron chi connectivity index (χ0n) is 15.6. The average Bonchev–Trinajstić information content (AvgIpc) is 3.01. The molecule has 0 aliphatic rings. The zero-order chi connectivity index (χ0) is 19.9. The van der Waals surface area contributed by atoms with Crippen molar-refractivity contribution in [2.45, 2.75) is 26.6 Å². The Morgan fingerprint density at radius 1 is 0.857 bits per heavy atom. The molecule has 0 fully saturated rings. The topological polar surface area (TPSA) is 17.8 Å². The van der Waals surface area contributed by atoms with Crippen molar-refractivity contribution in [1.82, 2.24) is 9.78 Å². The standard InChI is InChI=1S/C23H19F3N2/c1-15-8-6-11-18(16(15)2)22-19-12-7-13-20(23(24,25)26)21(19)27-28(22)14-17-9-4-3-5-10-17/h3-13H,14H2,1-2H3. The number of nitrogens with zero attached hydrogens (tertiary/aromatic N) is 2. The van der Waals surface area contributed by atoms with E-state index in [4.69, 9.17) is 0 Å². The first kappa shape index (κ1) is 18.3. The van der Waals surface area contributed by atoms with Crippen LogP contribution in [-0.4, -0.2) is 9.78 Å². The maximum absolute atomic E-state index is 13.6. The molecule has 0 bridgehead atoms.